The first kappa shape index (κ1) is 14.2. The predicted molar refractivity (Wildman–Crippen MR) is 85.0 cm³/mol. The first-order valence-corrected chi connectivity index (χ1v) is 7.86. The number of rotatable bonds is 4. The molecule has 1 atom stereocenters. The molecule has 0 aliphatic heterocycles. The van der Waals surface area contributed by atoms with Crippen molar-refractivity contribution in [2.24, 2.45) is 0 Å². The van der Waals surface area contributed by atoms with Crippen molar-refractivity contribution >= 4 is 0 Å². The van der Waals surface area contributed by atoms with E-state index >= 15 is 0 Å². The molecule has 0 amide bonds. The Kier molecular flexibility index (Phi) is 4.30. The van der Waals surface area contributed by atoms with E-state index in [1.807, 2.05) is 12.3 Å². The molecule has 1 heterocycles. The lowest BCUT2D eigenvalue weighted by Crippen LogP contribution is -2.28. The lowest BCUT2D eigenvalue weighted by atomic mass is 9.87. The first-order valence-electron chi connectivity index (χ1n) is 7.86. The second kappa shape index (κ2) is 6.35. The van der Waals surface area contributed by atoms with Crippen molar-refractivity contribution in [2.75, 3.05) is 7.05 Å². The average Bonchev–Trinajstić information content (AvgIpc) is 2.54. The molecule has 0 radical (unpaired) electrons. The third kappa shape index (κ3) is 3.13. The van der Waals surface area contributed by atoms with Crippen LogP contribution < -0.4 is 0 Å². The van der Waals surface area contributed by atoms with Gasteiger partial charge in [-0.15, -0.1) is 0 Å². The summed E-state index contributed by atoms with van der Waals surface area (Å²) in [5.41, 5.74) is 4.13. The highest BCUT2D eigenvalue weighted by atomic mass is 15.1. The maximum atomic E-state index is 4.63. The van der Waals surface area contributed by atoms with Gasteiger partial charge in [-0.2, -0.15) is 0 Å². The zero-order valence-corrected chi connectivity index (χ0v) is 12.9. The van der Waals surface area contributed by atoms with Crippen LogP contribution in [0, 0.1) is 0 Å². The smallest absolute Gasteiger partial charge is 0.128 e. The minimum Gasteiger partial charge on any atom is -0.294 e. The van der Waals surface area contributed by atoms with Gasteiger partial charge in [-0.25, -0.2) is 9.97 Å². The standard InChI is InChI=1S/C18H23N3/c1-3-18-19-12-11-15(20-18)13-21(2)17-10-6-8-14-7-4-5-9-16(14)17/h4-5,7,9,11-12,17H,3,6,8,10,13H2,1-2H3/t17-/m1/s1. The van der Waals surface area contributed by atoms with Crippen molar-refractivity contribution in [3.63, 3.8) is 0 Å². The molecule has 0 unspecified atom stereocenters. The Morgan fingerprint density at radius 3 is 2.95 bits per heavy atom. The highest BCUT2D eigenvalue weighted by molar-refractivity contribution is 5.32. The van der Waals surface area contributed by atoms with Crippen LogP contribution in [-0.2, 0) is 19.4 Å². The molecule has 1 aliphatic carbocycles. The zero-order chi connectivity index (χ0) is 14.7. The Labute approximate surface area is 127 Å². The molecule has 1 aromatic heterocycles. The summed E-state index contributed by atoms with van der Waals surface area (Å²) in [6.07, 6.45) is 6.50. The summed E-state index contributed by atoms with van der Waals surface area (Å²) < 4.78 is 0. The third-order valence-electron chi connectivity index (χ3n) is 4.36. The number of benzene rings is 1. The Morgan fingerprint density at radius 1 is 1.24 bits per heavy atom. The van der Waals surface area contributed by atoms with E-state index < -0.39 is 0 Å². The molecule has 21 heavy (non-hydrogen) atoms. The van der Waals surface area contributed by atoms with Gasteiger partial charge in [0.05, 0.1) is 5.69 Å². The van der Waals surface area contributed by atoms with Gasteiger partial charge in [-0.1, -0.05) is 31.2 Å². The predicted octanol–water partition coefficient (Wildman–Crippen LogP) is 3.55. The minimum atomic E-state index is 0.509. The summed E-state index contributed by atoms with van der Waals surface area (Å²) in [6.45, 7) is 2.98. The van der Waals surface area contributed by atoms with Gasteiger partial charge in [0.1, 0.15) is 5.82 Å². The van der Waals surface area contributed by atoms with Crippen LogP contribution in [-0.4, -0.2) is 21.9 Å². The molecule has 0 spiro atoms. The van der Waals surface area contributed by atoms with Gasteiger partial charge >= 0.3 is 0 Å². The zero-order valence-electron chi connectivity index (χ0n) is 12.9. The second-order valence-corrected chi connectivity index (χ2v) is 5.84. The monoisotopic (exact) mass is 281 g/mol. The Hall–Kier alpha value is -1.74. The van der Waals surface area contributed by atoms with Crippen molar-refractivity contribution < 1.29 is 0 Å². The molecular weight excluding hydrogens is 258 g/mol. The van der Waals surface area contributed by atoms with Gasteiger partial charge < -0.3 is 0 Å². The van der Waals surface area contributed by atoms with Crippen LogP contribution >= 0.6 is 0 Å². The van der Waals surface area contributed by atoms with Crippen LogP contribution in [0.25, 0.3) is 0 Å². The van der Waals surface area contributed by atoms with Crippen LogP contribution in [0.2, 0.25) is 0 Å². The Balaban J connectivity index is 1.78. The van der Waals surface area contributed by atoms with E-state index in [4.69, 9.17) is 0 Å². The summed E-state index contributed by atoms with van der Waals surface area (Å²) in [6, 6.07) is 11.4. The summed E-state index contributed by atoms with van der Waals surface area (Å²) in [5, 5.41) is 0. The number of aryl methyl sites for hydroxylation is 2. The summed E-state index contributed by atoms with van der Waals surface area (Å²) in [7, 11) is 2.21. The number of fused-ring (bicyclic) bond motifs is 1. The average molecular weight is 281 g/mol. The van der Waals surface area contributed by atoms with E-state index in [1.54, 1.807) is 0 Å². The normalized spacial score (nSPS) is 17.8. The molecular formula is C18H23N3. The fourth-order valence-corrected chi connectivity index (χ4v) is 3.25. The molecule has 3 rings (SSSR count). The summed E-state index contributed by atoms with van der Waals surface area (Å²) >= 11 is 0. The number of hydrogen-bond acceptors (Lipinski definition) is 3. The molecule has 0 fully saturated rings. The van der Waals surface area contributed by atoms with Crippen molar-refractivity contribution in [1.82, 2.24) is 14.9 Å². The number of hydrogen-bond donors (Lipinski definition) is 0. The molecule has 0 saturated carbocycles. The summed E-state index contributed by atoms with van der Waals surface area (Å²) in [4.78, 5) is 11.3. The highest BCUT2D eigenvalue weighted by Crippen LogP contribution is 2.33. The van der Waals surface area contributed by atoms with Crippen LogP contribution in [0.1, 0.15) is 48.5 Å². The SMILES string of the molecule is CCc1nccc(CN(C)[C@@H]2CCCc3ccccc32)n1. The van der Waals surface area contributed by atoms with Crippen molar-refractivity contribution in [3.05, 3.63) is 59.2 Å². The molecule has 3 nitrogen and oxygen atoms in total. The molecule has 1 aromatic carbocycles. The lowest BCUT2D eigenvalue weighted by Gasteiger charge is -2.33. The Bertz CT molecular complexity index is 609. The third-order valence-corrected chi connectivity index (χ3v) is 4.36. The number of nitrogens with zero attached hydrogens (tertiary/aromatic N) is 3. The van der Waals surface area contributed by atoms with Gasteiger partial charge in [0.15, 0.2) is 0 Å². The number of aromatic nitrogens is 2. The highest BCUT2D eigenvalue weighted by Gasteiger charge is 2.23. The van der Waals surface area contributed by atoms with Gasteiger partial charge in [-0.3, -0.25) is 4.90 Å². The molecule has 1 aliphatic rings. The van der Waals surface area contributed by atoms with E-state index in [2.05, 4.69) is 53.1 Å². The van der Waals surface area contributed by atoms with E-state index in [-0.39, 0.29) is 0 Å². The van der Waals surface area contributed by atoms with Crippen LogP contribution in [0.3, 0.4) is 0 Å². The lowest BCUT2D eigenvalue weighted by molar-refractivity contribution is 0.211. The van der Waals surface area contributed by atoms with Crippen LogP contribution in [0.4, 0.5) is 0 Å². The largest absolute Gasteiger partial charge is 0.294 e. The molecule has 0 bridgehead atoms. The maximum Gasteiger partial charge on any atom is 0.128 e. The van der Waals surface area contributed by atoms with E-state index in [0.29, 0.717) is 6.04 Å². The first-order chi connectivity index (χ1) is 10.3. The maximum absolute atomic E-state index is 4.63. The molecule has 0 saturated heterocycles. The molecule has 2 aromatic rings. The Morgan fingerprint density at radius 2 is 2.10 bits per heavy atom. The summed E-state index contributed by atoms with van der Waals surface area (Å²) in [5.74, 6) is 0.935. The van der Waals surface area contributed by atoms with Gasteiger partial charge in [-0.05, 0) is 43.5 Å². The molecule has 0 N–H and O–H groups in total. The topological polar surface area (TPSA) is 29.0 Å². The van der Waals surface area contributed by atoms with E-state index in [1.165, 1.54) is 30.4 Å². The van der Waals surface area contributed by atoms with Crippen molar-refractivity contribution in [3.8, 4) is 0 Å². The van der Waals surface area contributed by atoms with Crippen LogP contribution in [0.15, 0.2) is 36.5 Å². The fourth-order valence-electron chi connectivity index (χ4n) is 3.25. The van der Waals surface area contributed by atoms with Crippen LogP contribution in [0.5, 0.6) is 0 Å². The fraction of sp³-hybridized carbons (Fsp3) is 0.444. The van der Waals surface area contributed by atoms with E-state index in [9.17, 15) is 0 Å². The van der Waals surface area contributed by atoms with Crippen molar-refractivity contribution in [1.29, 1.82) is 0 Å². The quantitative estimate of drug-likeness (QED) is 0.858. The van der Waals surface area contributed by atoms with Gasteiger partial charge in [0, 0.05) is 25.2 Å². The van der Waals surface area contributed by atoms with Crippen molar-refractivity contribution in [2.45, 2.75) is 45.2 Å². The van der Waals surface area contributed by atoms with Gasteiger partial charge in [0.2, 0.25) is 0 Å². The molecule has 110 valence electrons. The minimum absolute atomic E-state index is 0.509. The van der Waals surface area contributed by atoms with Gasteiger partial charge in [0.25, 0.3) is 0 Å². The van der Waals surface area contributed by atoms with E-state index in [0.717, 1.165) is 24.5 Å². The second-order valence-electron chi connectivity index (χ2n) is 5.84. The molecule has 3 heteroatoms.